The lowest BCUT2D eigenvalue weighted by molar-refractivity contribution is -0.111. The van der Waals surface area contributed by atoms with E-state index in [1.807, 2.05) is 49.3 Å². The van der Waals surface area contributed by atoms with Crippen molar-refractivity contribution in [2.75, 3.05) is 39.1 Å². The number of carbonyl (C=O) groups is 1. The number of rotatable bonds is 6. The minimum absolute atomic E-state index is 0.0828. The van der Waals surface area contributed by atoms with Crippen LogP contribution in [0.1, 0.15) is 36.1 Å². The highest BCUT2D eigenvalue weighted by Gasteiger charge is 2.43. The molecule has 0 unspecified atom stereocenters. The second-order valence-electron chi connectivity index (χ2n) is 8.63. The van der Waals surface area contributed by atoms with Crippen molar-refractivity contribution in [3.63, 3.8) is 0 Å². The molecule has 1 fully saturated rings. The maximum atomic E-state index is 14.8. The molecule has 1 amide bonds. The van der Waals surface area contributed by atoms with Gasteiger partial charge in [0.1, 0.15) is 12.4 Å². The van der Waals surface area contributed by atoms with E-state index < -0.39 is 11.9 Å². The van der Waals surface area contributed by atoms with Gasteiger partial charge in [0.2, 0.25) is 0 Å². The summed E-state index contributed by atoms with van der Waals surface area (Å²) in [6, 6.07) is 13.0. The van der Waals surface area contributed by atoms with Crippen LogP contribution >= 0.6 is 11.6 Å². The molecule has 2 N–H and O–H groups in total. The maximum absolute atomic E-state index is 14.8. The molecule has 2 heterocycles. The fourth-order valence-corrected chi connectivity index (χ4v) is 4.71. The number of hydrogen-bond donors (Lipinski definition) is 2. The summed E-state index contributed by atoms with van der Waals surface area (Å²) in [6.45, 7) is 1.40. The van der Waals surface area contributed by atoms with Crippen molar-refractivity contribution >= 4 is 23.4 Å². The molecule has 8 heteroatoms. The van der Waals surface area contributed by atoms with E-state index in [0.29, 0.717) is 22.8 Å². The predicted molar refractivity (Wildman–Crippen MR) is 122 cm³/mol. The molecule has 6 nitrogen and oxygen atoms in total. The molecule has 2 aromatic carbocycles. The van der Waals surface area contributed by atoms with E-state index in [4.69, 9.17) is 21.1 Å². The lowest BCUT2D eigenvalue weighted by Crippen LogP contribution is -2.41. The van der Waals surface area contributed by atoms with Crippen molar-refractivity contribution in [1.82, 2.24) is 10.2 Å². The highest BCUT2D eigenvalue weighted by molar-refractivity contribution is 6.30. The molecule has 0 radical (unpaired) electrons. The summed E-state index contributed by atoms with van der Waals surface area (Å²) in [5.41, 5.74) is 2.22. The van der Waals surface area contributed by atoms with Crippen LogP contribution in [0.2, 0.25) is 5.02 Å². The molecule has 2 aromatic rings. The van der Waals surface area contributed by atoms with Crippen molar-refractivity contribution in [3.05, 3.63) is 64.4 Å². The van der Waals surface area contributed by atoms with Crippen LogP contribution in [0.25, 0.3) is 0 Å². The summed E-state index contributed by atoms with van der Waals surface area (Å²) in [5.74, 6) is -0.290. The molecule has 4 rings (SSSR count). The summed E-state index contributed by atoms with van der Waals surface area (Å²) in [4.78, 5) is 14.0. The Morgan fingerprint density at radius 3 is 2.81 bits per heavy atom. The Labute approximate surface area is 193 Å². The number of anilines is 1. The van der Waals surface area contributed by atoms with Gasteiger partial charge in [-0.15, -0.1) is 0 Å². The number of hydrogen-bond acceptors (Lipinski definition) is 5. The van der Waals surface area contributed by atoms with Gasteiger partial charge in [-0.1, -0.05) is 41.9 Å². The van der Waals surface area contributed by atoms with Gasteiger partial charge in [-0.3, -0.25) is 0 Å². The summed E-state index contributed by atoms with van der Waals surface area (Å²) >= 11 is 6.17. The topological polar surface area (TPSA) is 62.8 Å². The van der Waals surface area contributed by atoms with Crippen LogP contribution in [-0.4, -0.2) is 50.9 Å². The van der Waals surface area contributed by atoms with Gasteiger partial charge in [0.05, 0.1) is 23.9 Å². The number of carbonyl (C=O) groups excluding carboxylic acids is 1. The smallest absolute Gasteiger partial charge is 0.407 e. The molecule has 0 bridgehead atoms. The molecule has 0 spiro atoms. The molecular weight excluding hydrogens is 433 g/mol. The third-order valence-electron chi connectivity index (χ3n) is 6.06. The summed E-state index contributed by atoms with van der Waals surface area (Å²) < 4.78 is 26.6. The number of nitrogens with zero attached hydrogens (tertiary/aromatic N) is 1. The standard InChI is InChI=1S/C24H29ClFN3O3/c1-29(2)11-10-27-24(30)31-14-17-8-9-18-21(15-6-4-3-5-7-15)28-22-19(23(18)32-17)12-16(25)13-20(22)26/h3-7,12-13,17-18,21,23,28H,8-11,14H2,1-2H3,(H,27,30)/t17-,18+,21+,23+/m1/s1. The average Bonchev–Trinajstić information content (AvgIpc) is 2.77. The Morgan fingerprint density at radius 2 is 2.06 bits per heavy atom. The number of fused-ring (bicyclic) bond motifs is 3. The SMILES string of the molecule is CN(C)CCNC(=O)OC[C@H]1CC[C@@H]2[C@H](O1)c1cc(Cl)cc(F)c1N[C@H]2c1ccccc1. The monoisotopic (exact) mass is 461 g/mol. The maximum Gasteiger partial charge on any atom is 0.407 e. The number of nitrogens with one attached hydrogen (secondary N) is 2. The third-order valence-corrected chi connectivity index (χ3v) is 6.28. The Morgan fingerprint density at radius 1 is 1.28 bits per heavy atom. The van der Waals surface area contributed by atoms with Gasteiger partial charge in [0.15, 0.2) is 0 Å². The zero-order chi connectivity index (χ0) is 22.7. The largest absolute Gasteiger partial charge is 0.447 e. The Bertz CT molecular complexity index is 944. The van der Waals surface area contributed by atoms with E-state index in [1.54, 1.807) is 6.07 Å². The number of alkyl carbamates (subject to hydrolysis) is 1. The van der Waals surface area contributed by atoms with Crippen molar-refractivity contribution < 1.29 is 18.7 Å². The summed E-state index contributed by atoms with van der Waals surface area (Å²) in [6.07, 6.45) is 0.528. The Kier molecular flexibility index (Phi) is 7.18. The van der Waals surface area contributed by atoms with Gasteiger partial charge in [0, 0.05) is 29.6 Å². The summed E-state index contributed by atoms with van der Waals surface area (Å²) in [7, 11) is 3.88. The van der Waals surface area contributed by atoms with E-state index in [1.165, 1.54) is 6.07 Å². The first kappa shape index (κ1) is 22.8. The van der Waals surface area contributed by atoms with E-state index in [2.05, 4.69) is 10.6 Å². The van der Waals surface area contributed by atoms with E-state index in [9.17, 15) is 9.18 Å². The van der Waals surface area contributed by atoms with Gasteiger partial charge < -0.3 is 25.0 Å². The highest BCUT2D eigenvalue weighted by Crippen LogP contribution is 2.51. The second-order valence-corrected chi connectivity index (χ2v) is 9.07. The minimum atomic E-state index is -0.459. The lowest BCUT2D eigenvalue weighted by atomic mass is 9.76. The molecule has 0 aliphatic carbocycles. The highest BCUT2D eigenvalue weighted by atomic mass is 35.5. The van der Waals surface area contributed by atoms with Crippen LogP contribution in [0, 0.1) is 11.7 Å². The van der Waals surface area contributed by atoms with Crippen LogP contribution in [0.4, 0.5) is 14.9 Å². The van der Waals surface area contributed by atoms with Crippen LogP contribution in [0.15, 0.2) is 42.5 Å². The number of ether oxygens (including phenoxy) is 2. The molecule has 2 aliphatic rings. The first-order valence-corrected chi connectivity index (χ1v) is 11.3. The Hall–Kier alpha value is -2.35. The zero-order valence-corrected chi connectivity index (χ0v) is 19.1. The number of benzene rings is 2. The number of halogens is 2. The third kappa shape index (κ3) is 5.17. The lowest BCUT2D eigenvalue weighted by Gasteiger charge is -2.45. The first-order valence-electron chi connectivity index (χ1n) is 10.9. The van der Waals surface area contributed by atoms with Gasteiger partial charge in [-0.05, 0) is 44.6 Å². The average molecular weight is 462 g/mol. The molecule has 0 aromatic heterocycles. The molecule has 0 saturated carbocycles. The number of amides is 1. The molecule has 4 atom stereocenters. The quantitative estimate of drug-likeness (QED) is 0.648. The van der Waals surface area contributed by atoms with Gasteiger partial charge in [0.25, 0.3) is 0 Å². The fraction of sp³-hybridized carbons (Fsp3) is 0.458. The normalized spacial score (nSPS) is 24.3. The van der Waals surface area contributed by atoms with Crippen LogP contribution < -0.4 is 10.6 Å². The Balaban J connectivity index is 1.49. The fourth-order valence-electron chi connectivity index (χ4n) is 4.50. The molecular formula is C24H29ClFN3O3. The van der Waals surface area contributed by atoms with E-state index in [0.717, 1.165) is 24.9 Å². The minimum Gasteiger partial charge on any atom is -0.447 e. The molecule has 1 saturated heterocycles. The van der Waals surface area contributed by atoms with Crippen molar-refractivity contribution in [2.24, 2.45) is 5.92 Å². The predicted octanol–water partition coefficient (Wildman–Crippen LogP) is 4.77. The van der Waals surface area contributed by atoms with E-state index in [-0.39, 0.29) is 30.8 Å². The zero-order valence-electron chi connectivity index (χ0n) is 18.3. The van der Waals surface area contributed by atoms with Crippen LogP contribution in [0.5, 0.6) is 0 Å². The molecule has 2 aliphatic heterocycles. The van der Waals surface area contributed by atoms with Crippen molar-refractivity contribution in [3.8, 4) is 0 Å². The van der Waals surface area contributed by atoms with Crippen molar-refractivity contribution in [2.45, 2.75) is 31.1 Å². The molecule has 172 valence electrons. The van der Waals surface area contributed by atoms with Gasteiger partial charge >= 0.3 is 6.09 Å². The molecule has 32 heavy (non-hydrogen) atoms. The van der Waals surface area contributed by atoms with Gasteiger partial charge in [-0.2, -0.15) is 0 Å². The summed E-state index contributed by atoms with van der Waals surface area (Å²) in [5, 5.41) is 6.46. The number of likely N-dealkylation sites (N-methyl/N-ethyl adjacent to an activating group) is 1. The van der Waals surface area contributed by atoms with Gasteiger partial charge in [-0.25, -0.2) is 9.18 Å². The first-order chi connectivity index (χ1) is 15.4. The van der Waals surface area contributed by atoms with E-state index >= 15 is 0 Å². The van der Waals surface area contributed by atoms with Crippen LogP contribution in [0.3, 0.4) is 0 Å². The van der Waals surface area contributed by atoms with Crippen molar-refractivity contribution in [1.29, 1.82) is 0 Å². The second kappa shape index (κ2) is 10.1. The van der Waals surface area contributed by atoms with Crippen LogP contribution in [-0.2, 0) is 9.47 Å².